The molecule has 0 spiro atoms. The van der Waals surface area contributed by atoms with Crippen LogP contribution in [0.3, 0.4) is 0 Å². The average molecular weight is 291 g/mol. The van der Waals surface area contributed by atoms with Crippen molar-refractivity contribution < 1.29 is 19.4 Å². The third kappa shape index (κ3) is 2.54. The quantitative estimate of drug-likeness (QED) is 0.903. The molecule has 0 saturated heterocycles. The van der Waals surface area contributed by atoms with E-state index in [1.165, 1.54) is 10.9 Å². The van der Waals surface area contributed by atoms with E-state index in [1.54, 1.807) is 46.3 Å². The van der Waals surface area contributed by atoms with Crippen LogP contribution in [-0.2, 0) is 10.3 Å². The second kappa shape index (κ2) is 5.43. The summed E-state index contributed by atoms with van der Waals surface area (Å²) in [5.41, 5.74) is -0.0331. The third-order valence-corrected chi connectivity index (χ3v) is 3.28. The molecule has 0 saturated carbocycles. The van der Waals surface area contributed by atoms with Gasteiger partial charge in [-0.2, -0.15) is 0 Å². The van der Waals surface area contributed by atoms with E-state index in [-0.39, 0.29) is 0 Å². The molecule has 1 aromatic carbocycles. The van der Waals surface area contributed by atoms with Gasteiger partial charge in [-0.25, -0.2) is 9.48 Å². The fourth-order valence-corrected chi connectivity index (χ4v) is 1.94. The van der Waals surface area contributed by atoms with Crippen LogP contribution in [0.2, 0.25) is 0 Å². The third-order valence-electron chi connectivity index (χ3n) is 3.28. The number of aromatic nitrogens is 3. The zero-order chi connectivity index (χ0) is 15.6. The average Bonchev–Trinajstić information content (AvgIpc) is 2.96. The smallest absolute Gasteiger partial charge is 0.331 e. The molecule has 0 atom stereocenters. The van der Waals surface area contributed by atoms with Gasteiger partial charge in [0.2, 0.25) is 0 Å². The van der Waals surface area contributed by atoms with Gasteiger partial charge in [0.1, 0.15) is 11.5 Å². The van der Waals surface area contributed by atoms with E-state index in [0.29, 0.717) is 22.8 Å². The molecule has 1 aromatic heterocycles. The maximum Gasteiger partial charge on any atom is 0.331 e. The summed E-state index contributed by atoms with van der Waals surface area (Å²) in [4.78, 5) is 11.4. The predicted octanol–water partition coefficient (Wildman–Crippen LogP) is 1.78. The second-order valence-electron chi connectivity index (χ2n) is 4.96. The van der Waals surface area contributed by atoms with Gasteiger partial charge in [-0.15, -0.1) is 5.10 Å². The van der Waals surface area contributed by atoms with Crippen LogP contribution < -0.4 is 9.47 Å². The molecule has 1 N–H and O–H groups in total. The lowest BCUT2D eigenvalue weighted by atomic mass is 10.0. The number of carboxylic acid groups (broad SMARTS) is 1. The summed E-state index contributed by atoms with van der Waals surface area (Å²) < 4.78 is 11.9. The standard InChI is InChI=1S/C14H17N3O4/c1-14(2,13(18)19)17-11(8-15-16-17)10-7-9(20-3)5-6-12(10)21-4/h5-8H,1-4H3,(H,18,19). The minimum absolute atomic E-state index is 0.540. The van der Waals surface area contributed by atoms with Gasteiger partial charge < -0.3 is 14.6 Å². The molecule has 2 aromatic rings. The molecule has 1 heterocycles. The van der Waals surface area contributed by atoms with Crippen molar-refractivity contribution in [3.63, 3.8) is 0 Å². The first-order valence-corrected chi connectivity index (χ1v) is 6.28. The van der Waals surface area contributed by atoms with Crippen LogP contribution >= 0.6 is 0 Å². The highest BCUT2D eigenvalue weighted by Gasteiger charge is 2.33. The molecule has 0 aliphatic carbocycles. The van der Waals surface area contributed by atoms with E-state index in [9.17, 15) is 9.90 Å². The Balaban J connectivity index is 2.64. The van der Waals surface area contributed by atoms with Crippen molar-refractivity contribution in [3.05, 3.63) is 24.4 Å². The van der Waals surface area contributed by atoms with Gasteiger partial charge in [0, 0.05) is 5.56 Å². The van der Waals surface area contributed by atoms with E-state index in [2.05, 4.69) is 10.3 Å². The predicted molar refractivity (Wildman–Crippen MR) is 75.5 cm³/mol. The number of hydrogen-bond donors (Lipinski definition) is 1. The number of rotatable bonds is 5. The molecule has 0 bridgehead atoms. The summed E-state index contributed by atoms with van der Waals surface area (Å²) in [6.45, 7) is 3.11. The zero-order valence-corrected chi connectivity index (χ0v) is 12.3. The number of carbonyl (C=O) groups is 1. The number of ether oxygens (including phenoxy) is 2. The van der Waals surface area contributed by atoms with E-state index in [4.69, 9.17) is 9.47 Å². The Morgan fingerprint density at radius 2 is 2.00 bits per heavy atom. The maximum atomic E-state index is 11.4. The molecule has 0 fully saturated rings. The highest BCUT2D eigenvalue weighted by atomic mass is 16.5. The summed E-state index contributed by atoms with van der Waals surface area (Å²) in [6, 6.07) is 5.27. The summed E-state index contributed by atoms with van der Waals surface area (Å²) in [6.07, 6.45) is 1.50. The molecule has 7 heteroatoms. The number of carboxylic acids is 1. The molecular weight excluding hydrogens is 274 g/mol. The summed E-state index contributed by atoms with van der Waals surface area (Å²) in [5.74, 6) is 0.211. The molecule has 112 valence electrons. The maximum absolute atomic E-state index is 11.4. The Kier molecular flexibility index (Phi) is 3.84. The van der Waals surface area contributed by atoms with E-state index < -0.39 is 11.5 Å². The van der Waals surface area contributed by atoms with Crippen molar-refractivity contribution in [2.24, 2.45) is 0 Å². The van der Waals surface area contributed by atoms with Crippen molar-refractivity contribution in [3.8, 4) is 22.8 Å². The first kappa shape index (κ1) is 14.8. The topological polar surface area (TPSA) is 86.5 Å². The van der Waals surface area contributed by atoms with Gasteiger partial charge in [0.05, 0.1) is 26.1 Å². The highest BCUT2D eigenvalue weighted by molar-refractivity contribution is 5.78. The van der Waals surface area contributed by atoms with E-state index in [0.717, 1.165) is 0 Å². The Morgan fingerprint density at radius 3 is 2.57 bits per heavy atom. The fraction of sp³-hybridized carbons (Fsp3) is 0.357. The first-order chi connectivity index (χ1) is 9.91. The lowest BCUT2D eigenvalue weighted by molar-refractivity contribution is -0.146. The minimum Gasteiger partial charge on any atom is -0.497 e. The summed E-state index contributed by atoms with van der Waals surface area (Å²) in [5, 5.41) is 17.1. The van der Waals surface area contributed by atoms with Crippen molar-refractivity contribution in [1.82, 2.24) is 15.0 Å². The van der Waals surface area contributed by atoms with Gasteiger partial charge in [0.15, 0.2) is 5.54 Å². The minimum atomic E-state index is -1.24. The van der Waals surface area contributed by atoms with Crippen molar-refractivity contribution in [1.29, 1.82) is 0 Å². The van der Waals surface area contributed by atoms with Gasteiger partial charge in [-0.05, 0) is 32.0 Å². The molecule has 0 radical (unpaired) electrons. The van der Waals surface area contributed by atoms with Crippen LogP contribution in [0.25, 0.3) is 11.3 Å². The van der Waals surface area contributed by atoms with Gasteiger partial charge in [0.25, 0.3) is 0 Å². The second-order valence-corrected chi connectivity index (χ2v) is 4.96. The number of nitrogens with zero attached hydrogens (tertiary/aromatic N) is 3. The Morgan fingerprint density at radius 1 is 1.29 bits per heavy atom. The van der Waals surface area contributed by atoms with E-state index in [1.807, 2.05) is 0 Å². The molecule has 0 aliphatic heterocycles. The highest BCUT2D eigenvalue weighted by Crippen LogP contribution is 2.34. The monoisotopic (exact) mass is 291 g/mol. The lowest BCUT2D eigenvalue weighted by Crippen LogP contribution is -2.37. The van der Waals surface area contributed by atoms with Crippen LogP contribution in [0.15, 0.2) is 24.4 Å². The van der Waals surface area contributed by atoms with E-state index >= 15 is 0 Å². The summed E-state index contributed by atoms with van der Waals surface area (Å²) >= 11 is 0. The zero-order valence-electron chi connectivity index (χ0n) is 12.3. The largest absolute Gasteiger partial charge is 0.497 e. The molecule has 7 nitrogen and oxygen atoms in total. The normalized spacial score (nSPS) is 11.2. The number of hydrogen-bond acceptors (Lipinski definition) is 5. The van der Waals surface area contributed by atoms with Crippen molar-refractivity contribution >= 4 is 5.97 Å². The SMILES string of the molecule is COc1ccc(OC)c(-c2cnnn2C(C)(C)C(=O)O)c1. The first-order valence-electron chi connectivity index (χ1n) is 6.28. The van der Waals surface area contributed by atoms with Gasteiger partial charge >= 0.3 is 5.97 Å². The molecule has 0 amide bonds. The van der Waals surface area contributed by atoms with Crippen LogP contribution in [0.1, 0.15) is 13.8 Å². The van der Waals surface area contributed by atoms with Crippen molar-refractivity contribution in [2.75, 3.05) is 14.2 Å². The number of benzene rings is 1. The molecule has 21 heavy (non-hydrogen) atoms. The number of methoxy groups -OCH3 is 2. The van der Waals surface area contributed by atoms with Crippen LogP contribution in [0.4, 0.5) is 0 Å². The molecular formula is C14H17N3O4. The lowest BCUT2D eigenvalue weighted by Gasteiger charge is -2.22. The molecule has 2 rings (SSSR count). The van der Waals surface area contributed by atoms with Gasteiger partial charge in [-0.3, -0.25) is 0 Å². The Bertz CT molecular complexity index is 664. The van der Waals surface area contributed by atoms with Crippen molar-refractivity contribution in [2.45, 2.75) is 19.4 Å². The molecule has 0 aliphatic rings. The van der Waals surface area contributed by atoms with Crippen LogP contribution in [-0.4, -0.2) is 40.3 Å². The molecule has 0 unspecified atom stereocenters. The van der Waals surface area contributed by atoms with Crippen LogP contribution in [0.5, 0.6) is 11.5 Å². The number of aliphatic carboxylic acids is 1. The Labute approximate surface area is 122 Å². The summed E-state index contributed by atoms with van der Waals surface area (Å²) in [7, 11) is 3.10. The van der Waals surface area contributed by atoms with Gasteiger partial charge in [-0.1, -0.05) is 5.21 Å². The van der Waals surface area contributed by atoms with Crippen LogP contribution in [0, 0.1) is 0 Å². The fourth-order valence-electron chi connectivity index (χ4n) is 1.94. The Hall–Kier alpha value is -2.57.